The summed E-state index contributed by atoms with van der Waals surface area (Å²) in [7, 11) is -1.92. The van der Waals surface area contributed by atoms with E-state index < -0.39 is 10.0 Å². The molecule has 0 aliphatic carbocycles. The molecule has 3 aromatic carbocycles. The van der Waals surface area contributed by atoms with Crippen LogP contribution in [0.25, 0.3) is 0 Å². The fraction of sp³-hybridized carbons (Fsp3) is 0.174. The molecule has 0 N–H and O–H groups in total. The lowest BCUT2D eigenvalue weighted by atomic mass is 10.0. The summed E-state index contributed by atoms with van der Waals surface area (Å²) in [5.74, 6) is 0.737. The van der Waals surface area contributed by atoms with E-state index in [1.807, 2.05) is 42.5 Å². The molecule has 0 aromatic heterocycles. The number of rotatable bonds is 5. The van der Waals surface area contributed by atoms with E-state index >= 15 is 0 Å². The fourth-order valence-electron chi connectivity index (χ4n) is 3.45. The Morgan fingerprint density at radius 2 is 1.62 bits per heavy atom. The number of aliphatic imine (C=N–C) groups is 1. The predicted molar refractivity (Wildman–Crippen MR) is 114 cm³/mol. The van der Waals surface area contributed by atoms with Gasteiger partial charge in [-0.3, -0.25) is 4.99 Å². The molecule has 3 aromatic rings. The lowest BCUT2D eigenvalue weighted by Crippen LogP contribution is -2.35. The number of hydrogen-bond donors (Lipinski definition) is 0. The average Bonchev–Trinajstić information content (AvgIpc) is 2.77. The molecule has 0 unspecified atom stereocenters. The van der Waals surface area contributed by atoms with Gasteiger partial charge in [0.1, 0.15) is 5.75 Å². The summed E-state index contributed by atoms with van der Waals surface area (Å²) in [5.41, 5.74) is 3.83. The zero-order valence-corrected chi connectivity index (χ0v) is 17.0. The quantitative estimate of drug-likeness (QED) is 0.597. The predicted octanol–water partition coefficient (Wildman–Crippen LogP) is 4.19. The first-order valence-corrected chi connectivity index (χ1v) is 10.9. The molecule has 5 nitrogen and oxygen atoms in total. The lowest BCUT2D eigenvalue weighted by Gasteiger charge is -2.28. The van der Waals surface area contributed by atoms with Crippen molar-refractivity contribution in [3.05, 3.63) is 89.5 Å². The van der Waals surface area contributed by atoms with E-state index in [0.29, 0.717) is 18.8 Å². The number of benzene rings is 3. The minimum Gasteiger partial charge on any atom is -0.496 e. The Balaban J connectivity index is 1.52. The van der Waals surface area contributed by atoms with Crippen LogP contribution >= 0.6 is 0 Å². The van der Waals surface area contributed by atoms with Crippen molar-refractivity contribution in [2.24, 2.45) is 4.99 Å². The SMILES string of the molecule is COc1ccccc1C=Nc1ccc(S(=O)(=O)N2CCc3ccccc3C2)cc1. The Bertz CT molecular complexity index is 1140. The maximum atomic E-state index is 13.0. The van der Waals surface area contributed by atoms with Crippen molar-refractivity contribution in [2.45, 2.75) is 17.9 Å². The van der Waals surface area contributed by atoms with Gasteiger partial charge in [0.05, 0.1) is 17.7 Å². The number of hydrogen-bond acceptors (Lipinski definition) is 4. The molecular weight excluding hydrogens is 384 g/mol. The zero-order valence-electron chi connectivity index (χ0n) is 16.2. The molecule has 148 valence electrons. The van der Waals surface area contributed by atoms with E-state index in [1.165, 1.54) is 5.56 Å². The molecule has 0 bridgehead atoms. The summed E-state index contributed by atoms with van der Waals surface area (Å²) in [4.78, 5) is 4.72. The van der Waals surface area contributed by atoms with E-state index in [4.69, 9.17) is 4.74 Å². The molecule has 4 rings (SSSR count). The number of fused-ring (bicyclic) bond motifs is 1. The highest BCUT2D eigenvalue weighted by Gasteiger charge is 2.28. The number of para-hydroxylation sites is 1. The first kappa shape index (κ1) is 19.4. The molecule has 0 atom stereocenters. The van der Waals surface area contributed by atoms with E-state index in [-0.39, 0.29) is 4.90 Å². The van der Waals surface area contributed by atoms with Crippen LogP contribution in [-0.2, 0) is 23.0 Å². The number of ether oxygens (including phenoxy) is 1. The van der Waals surface area contributed by atoms with Crippen molar-refractivity contribution in [1.29, 1.82) is 0 Å². The van der Waals surface area contributed by atoms with Gasteiger partial charge in [-0.15, -0.1) is 0 Å². The van der Waals surface area contributed by atoms with Gasteiger partial charge in [-0.1, -0.05) is 36.4 Å². The standard InChI is InChI=1S/C23H22N2O3S/c1-28-23-9-5-4-7-19(23)16-24-21-10-12-22(13-11-21)29(26,27)25-15-14-18-6-2-3-8-20(18)17-25/h2-13,16H,14-15,17H2,1H3. The van der Waals surface area contributed by atoms with Gasteiger partial charge in [-0.25, -0.2) is 8.42 Å². The Hall–Kier alpha value is -2.96. The maximum absolute atomic E-state index is 13.0. The average molecular weight is 407 g/mol. The van der Waals surface area contributed by atoms with Gasteiger partial charge < -0.3 is 4.74 Å². The second-order valence-corrected chi connectivity index (χ2v) is 8.79. The monoisotopic (exact) mass is 406 g/mol. The van der Waals surface area contributed by atoms with Crippen LogP contribution in [0.1, 0.15) is 16.7 Å². The van der Waals surface area contributed by atoms with Crippen molar-refractivity contribution in [2.75, 3.05) is 13.7 Å². The molecule has 6 heteroatoms. The van der Waals surface area contributed by atoms with Gasteiger partial charge in [0.2, 0.25) is 10.0 Å². The molecule has 0 fully saturated rings. The van der Waals surface area contributed by atoms with Crippen molar-refractivity contribution < 1.29 is 13.2 Å². The maximum Gasteiger partial charge on any atom is 0.243 e. The first-order valence-electron chi connectivity index (χ1n) is 9.42. The second kappa shape index (κ2) is 8.19. The molecule has 1 aliphatic heterocycles. The van der Waals surface area contributed by atoms with Crippen LogP contribution in [0.15, 0.2) is 82.7 Å². The van der Waals surface area contributed by atoms with Crippen LogP contribution in [0.3, 0.4) is 0 Å². The van der Waals surface area contributed by atoms with Crippen LogP contribution in [-0.4, -0.2) is 32.6 Å². The minimum atomic E-state index is -3.54. The largest absolute Gasteiger partial charge is 0.496 e. The van der Waals surface area contributed by atoms with Crippen molar-refractivity contribution in [3.8, 4) is 5.75 Å². The Morgan fingerprint density at radius 1 is 0.931 bits per heavy atom. The smallest absolute Gasteiger partial charge is 0.243 e. The molecule has 29 heavy (non-hydrogen) atoms. The van der Waals surface area contributed by atoms with E-state index in [0.717, 1.165) is 23.3 Å². The molecule has 0 radical (unpaired) electrons. The molecular formula is C23H22N2O3S. The summed E-state index contributed by atoms with van der Waals surface area (Å²) in [6.07, 6.45) is 2.45. The lowest BCUT2D eigenvalue weighted by molar-refractivity contribution is 0.391. The van der Waals surface area contributed by atoms with E-state index in [2.05, 4.69) is 11.1 Å². The Kier molecular flexibility index (Phi) is 5.47. The van der Waals surface area contributed by atoms with Gasteiger partial charge in [0.15, 0.2) is 0 Å². The number of nitrogens with zero attached hydrogens (tertiary/aromatic N) is 2. The summed E-state index contributed by atoms with van der Waals surface area (Å²) >= 11 is 0. The van der Waals surface area contributed by atoms with Crippen LogP contribution < -0.4 is 4.74 Å². The Morgan fingerprint density at radius 3 is 2.38 bits per heavy atom. The van der Waals surface area contributed by atoms with Crippen molar-refractivity contribution >= 4 is 21.9 Å². The number of methoxy groups -OCH3 is 1. The van der Waals surface area contributed by atoms with E-state index in [9.17, 15) is 8.42 Å². The van der Waals surface area contributed by atoms with Crippen LogP contribution in [0.4, 0.5) is 5.69 Å². The van der Waals surface area contributed by atoms with Gasteiger partial charge >= 0.3 is 0 Å². The first-order chi connectivity index (χ1) is 14.1. The van der Waals surface area contributed by atoms with Crippen LogP contribution in [0.2, 0.25) is 0 Å². The molecule has 0 saturated carbocycles. The highest BCUT2D eigenvalue weighted by molar-refractivity contribution is 7.89. The van der Waals surface area contributed by atoms with E-state index in [1.54, 1.807) is 41.9 Å². The molecule has 1 aliphatic rings. The fourth-order valence-corrected chi connectivity index (χ4v) is 4.86. The van der Waals surface area contributed by atoms with Crippen LogP contribution in [0.5, 0.6) is 5.75 Å². The van der Waals surface area contributed by atoms with Gasteiger partial charge in [0, 0.05) is 24.9 Å². The zero-order chi connectivity index (χ0) is 20.3. The Labute approximate surface area is 171 Å². The third kappa shape index (κ3) is 4.09. The molecule has 0 amide bonds. The summed E-state index contributed by atoms with van der Waals surface area (Å²) in [6, 6.07) is 22.3. The normalized spacial score (nSPS) is 14.7. The second-order valence-electron chi connectivity index (χ2n) is 6.85. The molecule has 0 spiro atoms. The topological polar surface area (TPSA) is 59.0 Å². The summed E-state index contributed by atoms with van der Waals surface area (Å²) in [6.45, 7) is 0.902. The van der Waals surface area contributed by atoms with Gasteiger partial charge in [-0.05, 0) is 53.9 Å². The third-order valence-corrected chi connectivity index (χ3v) is 6.92. The molecule has 1 heterocycles. The minimum absolute atomic E-state index is 0.285. The van der Waals surface area contributed by atoms with Crippen molar-refractivity contribution in [3.63, 3.8) is 0 Å². The summed E-state index contributed by atoms with van der Waals surface area (Å²) in [5, 5.41) is 0. The third-order valence-electron chi connectivity index (χ3n) is 5.06. The highest BCUT2D eigenvalue weighted by Crippen LogP contribution is 2.26. The van der Waals surface area contributed by atoms with Crippen molar-refractivity contribution in [1.82, 2.24) is 4.31 Å². The summed E-state index contributed by atoms with van der Waals surface area (Å²) < 4.78 is 32.9. The number of sulfonamides is 1. The van der Waals surface area contributed by atoms with Crippen LogP contribution in [0, 0.1) is 0 Å². The molecule has 0 saturated heterocycles. The highest BCUT2D eigenvalue weighted by atomic mass is 32.2. The van der Waals surface area contributed by atoms with Gasteiger partial charge in [0.25, 0.3) is 0 Å². The van der Waals surface area contributed by atoms with Gasteiger partial charge in [-0.2, -0.15) is 4.31 Å².